The second kappa shape index (κ2) is 18.3. The van der Waals surface area contributed by atoms with E-state index in [-0.39, 0.29) is 42.3 Å². The van der Waals surface area contributed by atoms with E-state index in [0.717, 1.165) is 57.8 Å². The van der Waals surface area contributed by atoms with Gasteiger partial charge >= 0.3 is 0 Å². The minimum Gasteiger partial charge on any atom is -0.356 e. The summed E-state index contributed by atoms with van der Waals surface area (Å²) in [5.74, 6) is 1.44. The summed E-state index contributed by atoms with van der Waals surface area (Å²) in [7, 11) is 3.51. The SMILES string of the molecule is CCCCC(CC)CNC(=NCC(=O)N(C)C)NC1CCN(CC(=O)NCCC)CC1.I. The van der Waals surface area contributed by atoms with Crippen molar-refractivity contribution in [3.05, 3.63) is 0 Å². The van der Waals surface area contributed by atoms with Crippen LogP contribution in [0, 0.1) is 5.92 Å². The summed E-state index contributed by atoms with van der Waals surface area (Å²) >= 11 is 0. The van der Waals surface area contributed by atoms with Crippen LogP contribution < -0.4 is 16.0 Å². The molecule has 1 aliphatic rings. The largest absolute Gasteiger partial charge is 0.356 e. The molecule has 1 heterocycles. The van der Waals surface area contributed by atoms with Crippen LogP contribution in [0.2, 0.25) is 0 Å². The summed E-state index contributed by atoms with van der Waals surface area (Å²) in [6.45, 7) is 10.5. The number of unbranched alkanes of at least 4 members (excludes halogenated alkanes) is 1. The molecule has 1 saturated heterocycles. The maximum atomic E-state index is 12.0. The molecule has 0 aromatic heterocycles. The van der Waals surface area contributed by atoms with Crippen LogP contribution >= 0.6 is 24.0 Å². The van der Waals surface area contributed by atoms with E-state index in [4.69, 9.17) is 0 Å². The van der Waals surface area contributed by atoms with Crippen molar-refractivity contribution in [2.45, 2.75) is 71.8 Å². The molecule has 9 heteroatoms. The highest BCUT2D eigenvalue weighted by Gasteiger charge is 2.22. The summed E-state index contributed by atoms with van der Waals surface area (Å²) in [6, 6.07) is 0.298. The number of carbonyl (C=O) groups is 2. The molecule has 3 N–H and O–H groups in total. The Morgan fingerprint density at radius 3 is 2.34 bits per heavy atom. The van der Waals surface area contributed by atoms with Gasteiger partial charge in [0.1, 0.15) is 6.54 Å². The number of piperidine rings is 1. The van der Waals surface area contributed by atoms with Gasteiger partial charge in [-0.2, -0.15) is 0 Å². The molecule has 1 atom stereocenters. The highest BCUT2D eigenvalue weighted by atomic mass is 127. The van der Waals surface area contributed by atoms with E-state index in [1.54, 1.807) is 19.0 Å². The predicted octanol–water partition coefficient (Wildman–Crippen LogP) is 2.43. The fourth-order valence-electron chi connectivity index (χ4n) is 3.58. The highest BCUT2D eigenvalue weighted by Crippen LogP contribution is 2.12. The number of hydrogen-bond donors (Lipinski definition) is 3. The molecule has 188 valence electrons. The van der Waals surface area contributed by atoms with Gasteiger partial charge in [-0.05, 0) is 31.6 Å². The van der Waals surface area contributed by atoms with E-state index in [1.807, 2.05) is 0 Å². The molecule has 0 aliphatic carbocycles. The summed E-state index contributed by atoms with van der Waals surface area (Å²) in [4.78, 5) is 32.3. The van der Waals surface area contributed by atoms with Crippen molar-refractivity contribution < 1.29 is 9.59 Å². The van der Waals surface area contributed by atoms with Gasteiger partial charge in [0.05, 0.1) is 6.54 Å². The first kappa shape index (κ1) is 30.9. The number of rotatable bonds is 13. The van der Waals surface area contributed by atoms with Crippen LogP contribution in [0.1, 0.15) is 65.7 Å². The quantitative estimate of drug-likeness (QED) is 0.181. The van der Waals surface area contributed by atoms with Gasteiger partial charge in [-0.1, -0.05) is 40.0 Å². The van der Waals surface area contributed by atoms with Gasteiger partial charge in [0, 0.05) is 46.3 Å². The Labute approximate surface area is 212 Å². The molecule has 0 radical (unpaired) electrons. The first-order valence-corrected chi connectivity index (χ1v) is 12.1. The van der Waals surface area contributed by atoms with Gasteiger partial charge in [0.25, 0.3) is 0 Å². The highest BCUT2D eigenvalue weighted by molar-refractivity contribution is 14.0. The molecule has 2 amide bonds. The molecule has 0 saturated carbocycles. The lowest BCUT2D eigenvalue weighted by Gasteiger charge is -2.33. The fraction of sp³-hybridized carbons (Fsp3) is 0.870. The Morgan fingerprint density at radius 1 is 1.09 bits per heavy atom. The van der Waals surface area contributed by atoms with Crippen LogP contribution in [0.3, 0.4) is 0 Å². The van der Waals surface area contributed by atoms with Crippen LogP contribution in [0.25, 0.3) is 0 Å². The van der Waals surface area contributed by atoms with Crippen LogP contribution in [0.5, 0.6) is 0 Å². The zero-order chi connectivity index (χ0) is 23.1. The summed E-state index contributed by atoms with van der Waals surface area (Å²) in [5, 5.41) is 9.96. The predicted molar refractivity (Wildman–Crippen MR) is 144 cm³/mol. The monoisotopic (exact) mass is 566 g/mol. The number of likely N-dealkylation sites (tertiary alicyclic amines) is 1. The van der Waals surface area contributed by atoms with Crippen molar-refractivity contribution in [1.82, 2.24) is 25.8 Å². The van der Waals surface area contributed by atoms with Crippen molar-refractivity contribution in [3.63, 3.8) is 0 Å². The molecule has 1 aliphatic heterocycles. The lowest BCUT2D eigenvalue weighted by atomic mass is 9.99. The van der Waals surface area contributed by atoms with Crippen LogP contribution in [0.4, 0.5) is 0 Å². The van der Waals surface area contributed by atoms with Gasteiger partial charge in [0.15, 0.2) is 5.96 Å². The van der Waals surface area contributed by atoms with E-state index in [2.05, 4.69) is 46.6 Å². The summed E-state index contributed by atoms with van der Waals surface area (Å²) < 4.78 is 0. The third-order valence-electron chi connectivity index (χ3n) is 5.84. The fourth-order valence-corrected chi connectivity index (χ4v) is 3.58. The molecule has 1 unspecified atom stereocenters. The van der Waals surface area contributed by atoms with Crippen molar-refractivity contribution in [2.75, 3.05) is 53.4 Å². The van der Waals surface area contributed by atoms with Crippen molar-refractivity contribution >= 4 is 41.8 Å². The van der Waals surface area contributed by atoms with Gasteiger partial charge < -0.3 is 20.9 Å². The third kappa shape index (κ3) is 13.4. The molecule has 0 aromatic carbocycles. The minimum atomic E-state index is -0.00737. The molecule has 0 aromatic rings. The maximum absolute atomic E-state index is 12.0. The number of guanidine groups is 1. The summed E-state index contributed by atoms with van der Waals surface area (Å²) in [5.41, 5.74) is 0. The Morgan fingerprint density at radius 2 is 1.78 bits per heavy atom. The number of nitrogens with one attached hydrogen (secondary N) is 3. The van der Waals surface area contributed by atoms with Gasteiger partial charge in [-0.25, -0.2) is 4.99 Å². The van der Waals surface area contributed by atoms with Crippen LogP contribution in [0.15, 0.2) is 4.99 Å². The molecule has 1 fully saturated rings. The average Bonchev–Trinajstić information content (AvgIpc) is 2.76. The molecule has 1 rings (SSSR count). The topological polar surface area (TPSA) is 89.1 Å². The van der Waals surface area contributed by atoms with Crippen molar-refractivity contribution in [1.29, 1.82) is 0 Å². The zero-order valence-corrected chi connectivity index (χ0v) is 23.2. The lowest BCUT2D eigenvalue weighted by Crippen LogP contribution is -2.51. The number of likely N-dealkylation sites (N-methyl/N-ethyl adjacent to an activating group) is 1. The Kier molecular flexibility index (Phi) is 17.7. The zero-order valence-electron chi connectivity index (χ0n) is 20.9. The van der Waals surface area contributed by atoms with E-state index < -0.39 is 0 Å². The van der Waals surface area contributed by atoms with Crippen LogP contribution in [-0.4, -0.2) is 87.0 Å². The number of hydrogen-bond acceptors (Lipinski definition) is 4. The van der Waals surface area contributed by atoms with Gasteiger partial charge in [0.2, 0.25) is 11.8 Å². The molecule has 32 heavy (non-hydrogen) atoms. The van der Waals surface area contributed by atoms with E-state index >= 15 is 0 Å². The van der Waals surface area contributed by atoms with E-state index in [0.29, 0.717) is 18.5 Å². The van der Waals surface area contributed by atoms with Crippen molar-refractivity contribution in [2.24, 2.45) is 10.9 Å². The molecule has 8 nitrogen and oxygen atoms in total. The maximum Gasteiger partial charge on any atom is 0.243 e. The Bertz CT molecular complexity index is 551. The average molecular weight is 567 g/mol. The molecular weight excluding hydrogens is 519 g/mol. The lowest BCUT2D eigenvalue weighted by molar-refractivity contribution is -0.127. The smallest absolute Gasteiger partial charge is 0.243 e. The number of halogens is 1. The van der Waals surface area contributed by atoms with E-state index in [9.17, 15) is 9.59 Å². The molecule has 0 spiro atoms. The third-order valence-corrected chi connectivity index (χ3v) is 5.84. The minimum absolute atomic E-state index is 0. The van der Waals surface area contributed by atoms with Crippen LogP contribution in [-0.2, 0) is 9.59 Å². The number of amides is 2. The molecular formula is C23H47IN6O2. The van der Waals surface area contributed by atoms with Crippen molar-refractivity contribution in [3.8, 4) is 0 Å². The first-order valence-electron chi connectivity index (χ1n) is 12.1. The normalized spacial score (nSPS) is 16.1. The number of aliphatic imine (C=N–C) groups is 1. The first-order chi connectivity index (χ1) is 14.9. The second-order valence-corrected chi connectivity index (χ2v) is 8.80. The van der Waals surface area contributed by atoms with Gasteiger partial charge in [-0.3, -0.25) is 14.5 Å². The Balaban J connectivity index is 0.00000961. The summed E-state index contributed by atoms with van der Waals surface area (Å²) in [6.07, 6.45) is 7.66. The van der Waals surface area contributed by atoms with E-state index in [1.165, 1.54) is 19.3 Å². The Hall–Kier alpha value is -1.10. The number of carbonyl (C=O) groups excluding carboxylic acids is 2. The molecule has 0 bridgehead atoms. The van der Waals surface area contributed by atoms with Gasteiger partial charge in [-0.15, -0.1) is 24.0 Å². The second-order valence-electron chi connectivity index (χ2n) is 8.80. The number of nitrogens with zero attached hydrogens (tertiary/aromatic N) is 3. The standard InChI is InChI=1S/C23H46N6O2.HI/c1-6-9-10-19(8-3)16-25-23(26-17-22(31)28(4)5)27-20-11-14-29(15-12-20)18-21(30)24-13-7-2;/h19-20H,6-18H2,1-5H3,(H,24,30)(H2,25,26,27);1H.